The first-order chi connectivity index (χ1) is 9.87. The SMILES string of the molecule is O=CC(=O)OC1(c2cccc(C(F)(F)F)c2)CCNCC1. The Labute approximate surface area is 119 Å². The van der Waals surface area contributed by atoms with Crippen LogP contribution in [-0.4, -0.2) is 25.3 Å². The number of benzene rings is 1. The largest absolute Gasteiger partial charge is 0.449 e. The standard InChI is InChI=1S/C14H14F3NO3/c15-14(16,17)11-3-1-2-10(8-11)13(21-12(20)9-19)4-6-18-7-5-13/h1-3,8-9,18H,4-7H2. The number of nitrogens with one attached hydrogen (secondary N) is 1. The summed E-state index contributed by atoms with van der Waals surface area (Å²) >= 11 is 0. The Kier molecular flexibility index (Phi) is 4.32. The Bertz CT molecular complexity index is 537. The summed E-state index contributed by atoms with van der Waals surface area (Å²) in [6.07, 6.45) is -3.82. The first-order valence-electron chi connectivity index (χ1n) is 6.44. The highest BCUT2D eigenvalue weighted by molar-refractivity contribution is 6.20. The Morgan fingerprint density at radius 2 is 1.95 bits per heavy atom. The number of piperidine rings is 1. The molecule has 2 rings (SSSR count). The molecule has 0 atom stereocenters. The molecule has 1 aliphatic heterocycles. The molecule has 0 amide bonds. The Morgan fingerprint density at radius 1 is 1.29 bits per heavy atom. The second-order valence-corrected chi connectivity index (χ2v) is 4.86. The van der Waals surface area contributed by atoms with Gasteiger partial charge in [-0.15, -0.1) is 0 Å². The Hall–Kier alpha value is -1.89. The molecule has 1 aromatic rings. The van der Waals surface area contributed by atoms with Crippen molar-refractivity contribution >= 4 is 12.3 Å². The van der Waals surface area contributed by atoms with Crippen LogP contribution in [0.5, 0.6) is 0 Å². The molecule has 1 heterocycles. The van der Waals surface area contributed by atoms with Gasteiger partial charge in [0.25, 0.3) is 0 Å². The summed E-state index contributed by atoms with van der Waals surface area (Å²) in [5, 5.41) is 3.04. The number of aldehydes is 1. The average Bonchev–Trinajstić information content (AvgIpc) is 2.47. The predicted molar refractivity (Wildman–Crippen MR) is 67.4 cm³/mol. The van der Waals surface area contributed by atoms with Crippen molar-refractivity contribution in [1.82, 2.24) is 5.32 Å². The van der Waals surface area contributed by atoms with E-state index >= 15 is 0 Å². The lowest BCUT2D eigenvalue weighted by molar-refractivity contribution is -0.165. The number of hydrogen-bond acceptors (Lipinski definition) is 4. The summed E-state index contributed by atoms with van der Waals surface area (Å²) in [6.45, 7) is 0.977. The van der Waals surface area contributed by atoms with Gasteiger partial charge in [-0.3, -0.25) is 4.79 Å². The lowest BCUT2D eigenvalue weighted by Gasteiger charge is -2.37. The third-order valence-corrected chi connectivity index (χ3v) is 3.52. The van der Waals surface area contributed by atoms with Crippen LogP contribution in [0.15, 0.2) is 24.3 Å². The second kappa shape index (κ2) is 5.85. The van der Waals surface area contributed by atoms with Gasteiger partial charge in [0.1, 0.15) is 5.60 Å². The first kappa shape index (κ1) is 15.5. The molecule has 4 nitrogen and oxygen atoms in total. The minimum atomic E-state index is -4.47. The lowest BCUT2D eigenvalue weighted by atomic mass is 9.84. The quantitative estimate of drug-likeness (QED) is 0.527. The zero-order chi connectivity index (χ0) is 15.5. The second-order valence-electron chi connectivity index (χ2n) is 4.86. The molecule has 1 aliphatic rings. The average molecular weight is 301 g/mol. The van der Waals surface area contributed by atoms with Crippen molar-refractivity contribution in [2.24, 2.45) is 0 Å². The number of alkyl halides is 3. The lowest BCUT2D eigenvalue weighted by Crippen LogP contribution is -2.43. The molecule has 0 aromatic heterocycles. The van der Waals surface area contributed by atoms with Gasteiger partial charge in [0.05, 0.1) is 5.56 Å². The van der Waals surface area contributed by atoms with Gasteiger partial charge in [-0.1, -0.05) is 12.1 Å². The van der Waals surface area contributed by atoms with E-state index in [0.29, 0.717) is 25.9 Å². The van der Waals surface area contributed by atoms with E-state index in [-0.39, 0.29) is 11.8 Å². The van der Waals surface area contributed by atoms with Gasteiger partial charge in [0, 0.05) is 12.8 Å². The Balaban J connectivity index is 2.41. The van der Waals surface area contributed by atoms with E-state index < -0.39 is 23.3 Å². The highest BCUT2D eigenvalue weighted by Crippen LogP contribution is 2.38. The van der Waals surface area contributed by atoms with E-state index in [2.05, 4.69) is 5.32 Å². The zero-order valence-corrected chi connectivity index (χ0v) is 11.1. The maximum absolute atomic E-state index is 12.8. The summed E-state index contributed by atoms with van der Waals surface area (Å²) in [5.41, 5.74) is -1.74. The maximum atomic E-state index is 12.8. The molecule has 0 saturated carbocycles. The topological polar surface area (TPSA) is 55.4 Å². The number of halogens is 3. The van der Waals surface area contributed by atoms with Crippen molar-refractivity contribution in [3.8, 4) is 0 Å². The van der Waals surface area contributed by atoms with Gasteiger partial charge in [-0.25, -0.2) is 4.79 Å². The highest BCUT2D eigenvalue weighted by atomic mass is 19.4. The van der Waals surface area contributed by atoms with E-state index in [9.17, 15) is 22.8 Å². The predicted octanol–water partition coefficient (Wildman–Crippen LogP) is 2.03. The molecule has 21 heavy (non-hydrogen) atoms. The first-order valence-corrected chi connectivity index (χ1v) is 6.44. The van der Waals surface area contributed by atoms with Crippen LogP contribution in [0.2, 0.25) is 0 Å². The fraction of sp³-hybridized carbons (Fsp3) is 0.429. The number of rotatable bonds is 3. The summed E-state index contributed by atoms with van der Waals surface area (Å²) in [5.74, 6) is -1.07. The van der Waals surface area contributed by atoms with Crippen LogP contribution < -0.4 is 5.32 Å². The highest BCUT2D eigenvalue weighted by Gasteiger charge is 2.39. The summed E-state index contributed by atoms with van der Waals surface area (Å²) in [7, 11) is 0. The van der Waals surface area contributed by atoms with Crippen LogP contribution in [0.25, 0.3) is 0 Å². The van der Waals surface area contributed by atoms with Crippen LogP contribution in [-0.2, 0) is 26.1 Å². The number of ether oxygens (including phenoxy) is 1. The van der Waals surface area contributed by atoms with Gasteiger partial charge in [-0.05, 0) is 30.8 Å². The third kappa shape index (κ3) is 3.41. The van der Waals surface area contributed by atoms with Crippen LogP contribution in [0, 0.1) is 0 Å². The minimum Gasteiger partial charge on any atom is -0.449 e. The van der Waals surface area contributed by atoms with Crippen LogP contribution in [0.3, 0.4) is 0 Å². The van der Waals surface area contributed by atoms with Crippen molar-refractivity contribution in [2.75, 3.05) is 13.1 Å². The molecule has 0 bridgehead atoms. The fourth-order valence-electron chi connectivity index (χ4n) is 2.48. The van der Waals surface area contributed by atoms with E-state index in [4.69, 9.17) is 4.74 Å². The number of carbonyl (C=O) groups is 2. The molecular formula is C14H14F3NO3. The minimum absolute atomic E-state index is 0.0252. The van der Waals surface area contributed by atoms with E-state index in [1.807, 2.05) is 0 Å². The Morgan fingerprint density at radius 3 is 2.52 bits per heavy atom. The molecule has 0 spiro atoms. The van der Waals surface area contributed by atoms with Crippen LogP contribution in [0.4, 0.5) is 13.2 Å². The van der Waals surface area contributed by atoms with Crippen molar-refractivity contribution in [2.45, 2.75) is 24.6 Å². The van der Waals surface area contributed by atoms with Crippen molar-refractivity contribution < 1.29 is 27.5 Å². The molecule has 0 unspecified atom stereocenters. The van der Waals surface area contributed by atoms with Crippen molar-refractivity contribution in [3.63, 3.8) is 0 Å². The van der Waals surface area contributed by atoms with E-state index in [1.165, 1.54) is 12.1 Å². The van der Waals surface area contributed by atoms with Gasteiger partial charge in [0.2, 0.25) is 6.29 Å². The maximum Gasteiger partial charge on any atom is 0.416 e. The van der Waals surface area contributed by atoms with Crippen LogP contribution >= 0.6 is 0 Å². The normalized spacial score (nSPS) is 18.0. The van der Waals surface area contributed by atoms with Gasteiger partial charge in [0.15, 0.2) is 0 Å². The van der Waals surface area contributed by atoms with Gasteiger partial charge >= 0.3 is 12.1 Å². The molecular weight excluding hydrogens is 287 g/mol. The molecule has 7 heteroatoms. The zero-order valence-electron chi connectivity index (χ0n) is 11.1. The summed E-state index contributed by atoms with van der Waals surface area (Å²) in [6, 6.07) is 4.69. The molecule has 0 aliphatic carbocycles. The molecule has 1 aromatic carbocycles. The molecule has 1 N–H and O–H groups in total. The monoisotopic (exact) mass is 301 g/mol. The third-order valence-electron chi connectivity index (χ3n) is 3.52. The van der Waals surface area contributed by atoms with E-state index in [0.717, 1.165) is 12.1 Å². The van der Waals surface area contributed by atoms with Crippen molar-refractivity contribution in [3.05, 3.63) is 35.4 Å². The van der Waals surface area contributed by atoms with Gasteiger partial charge < -0.3 is 10.1 Å². The summed E-state index contributed by atoms with van der Waals surface area (Å²) in [4.78, 5) is 21.8. The smallest absolute Gasteiger partial charge is 0.416 e. The number of carbonyl (C=O) groups excluding carboxylic acids is 2. The molecule has 1 saturated heterocycles. The molecule has 1 fully saturated rings. The number of hydrogen-bond donors (Lipinski definition) is 1. The van der Waals surface area contributed by atoms with Gasteiger partial charge in [-0.2, -0.15) is 13.2 Å². The van der Waals surface area contributed by atoms with Crippen LogP contribution in [0.1, 0.15) is 24.0 Å². The summed E-state index contributed by atoms with van der Waals surface area (Å²) < 4.78 is 43.6. The fourth-order valence-corrected chi connectivity index (χ4v) is 2.48. The van der Waals surface area contributed by atoms with Crippen molar-refractivity contribution in [1.29, 1.82) is 0 Å². The van der Waals surface area contributed by atoms with E-state index in [1.54, 1.807) is 0 Å². The molecule has 0 radical (unpaired) electrons. The number of esters is 1. The molecule has 114 valence electrons.